The number of anilines is 4. The topological polar surface area (TPSA) is 173 Å². The molecule has 32 heavy (non-hydrogen) atoms. The summed E-state index contributed by atoms with van der Waals surface area (Å²) in [6.45, 7) is 3.21. The van der Waals surface area contributed by atoms with Gasteiger partial charge < -0.3 is 37.4 Å². The summed E-state index contributed by atoms with van der Waals surface area (Å²) < 4.78 is 0. The van der Waals surface area contributed by atoms with Crippen LogP contribution in [-0.2, 0) is 0 Å². The number of hydrogen-bond acceptors (Lipinski definition) is 11. The Morgan fingerprint density at radius 3 is 2.25 bits per heavy atom. The van der Waals surface area contributed by atoms with E-state index >= 15 is 0 Å². The number of benzene rings is 1. The fraction of sp³-hybridized carbons (Fsp3) is 0.524. The molecule has 0 aliphatic carbocycles. The number of nitrogens with two attached hydrogens (primary N) is 3. The number of ketones is 1. The summed E-state index contributed by atoms with van der Waals surface area (Å²) in [6.07, 6.45) is 1.40. The molecule has 11 heteroatoms. The highest BCUT2D eigenvalue weighted by atomic mass is 16.3. The third kappa shape index (κ3) is 4.96. The molecule has 2 aliphatic rings. The summed E-state index contributed by atoms with van der Waals surface area (Å²) in [5.74, 6) is 1.27. The first-order valence-corrected chi connectivity index (χ1v) is 10.9. The summed E-state index contributed by atoms with van der Waals surface area (Å²) in [6, 6.07) is 6.73. The van der Waals surface area contributed by atoms with Crippen LogP contribution in [0.25, 0.3) is 0 Å². The van der Waals surface area contributed by atoms with E-state index in [-0.39, 0.29) is 36.6 Å². The molecule has 8 N–H and O–H groups in total. The van der Waals surface area contributed by atoms with Crippen molar-refractivity contribution in [3.8, 4) is 0 Å². The summed E-state index contributed by atoms with van der Waals surface area (Å²) in [7, 11) is 0. The van der Waals surface area contributed by atoms with Crippen LogP contribution in [0, 0.1) is 0 Å². The maximum Gasteiger partial charge on any atom is 0.233 e. The molecule has 2 fully saturated rings. The fourth-order valence-corrected chi connectivity index (χ4v) is 4.31. The van der Waals surface area contributed by atoms with Crippen molar-refractivity contribution in [1.29, 1.82) is 0 Å². The fourth-order valence-electron chi connectivity index (χ4n) is 4.31. The third-order valence-corrected chi connectivity index (χ3v) is 5.87. The van der Waals surface area contributed by atoms with Crippen molar-refractivity contribution in [2.75, 3.05) is 41.4 Å². The van der Waals surface area contributed by atoms with Gasteiger partial charge in [-0.05, 0) is 44.0 Å². The van der Waals surface area contributed by atoms with Crippen LogP contribution >= 0.6 is 0 Å². The summed E-state index contributed by atoms with van der Waals surface area (Å²) in [5.41, 5.74) is 19.9. The van der Waals surface area contributed by atoms with Gasteiger partial charge in [-0.1, -0.05) is 0 Å². The van der Waals surface area contributed by atoms with Gasteiger partial charge >= 0.3 is 0 Å². The van der Waals surface area contributed by atoms with Gasteiger partial charge in [0.2, 0.25) is 17.8 Å². The number of piperidine rings is 1. The maximum absolute atomic E-state index is 11.5. The van der Waals surface area contributed by atoms with Crippen LogP contribution < -0.4 is 32.3 Å². The summed E-state index contributed by atoms with van der Waals surface area (Å²) in [4.78, 5) is 29.3. The van der Waals surface area contributed by atoms with Crippen LogP contribution in [-0.4, -0.2) is 76.3 Å². The second kappa shape index (κ2) is 9.33. The highest BCUT2D eigenvalue weighted by Gasteiger charge is 2.33. The van der Waals surface area contributed by atoms with Crippen LogP contribution in [0.2, 0.25) is 0 Å². The van der Waals surface area contributed by atoms with Gasteiger partial charge in [-0.3, -0.25) is 4.79 Å². The quantitative estimate of drug-likeness (QED) is 0.368. The Morgan fingerprint density at radius 1 is 1.00 bits per heavy atom. The van der Waals surface area contributed by atoms with E-state index < -0.39 is 0 Å². The molecule has 2 aromatic rings. The molecule has 0 unspecified atom stereocenters. The molecule has 2 aliphatic heterocycles. The number of rotatable bonds is 6. The van der Waals surface area contributed by atoms with Crippen molar-refractivity contribution in [2.45, 2.75) is 43.9 Å². The Morgan fingerprint density at radius 2 is 1.62 bits per heavy atom. The van der Waals surface area contributed by atoms with E-state index in [1.807, 2.05) is 9.80 Å². The second-order valence-corrected chi connectivity index (χ2v) is 8.66. The lowest BCUT2D eigenvalue weighted by molar-refractivity contribution is 0.101. The largest absolute Gasteiger partial charge is 0.394 e. The molecule has 172 valence electrons. The van der Waals surface area contributed by atoms with E-state index in [0.29, 0.717) is 49.5 Å². The van der Waals surface area contributed by atoms with Crippen LogP contribution in [0.1, 0.15) is 30.1 Å². The first-order valence-electron chi connectivity index (χ1n) is 10.9. The number of hydrogen-bond donors (Lipinski definition) is 5. The van der Waals surface area contributed by atoms with Gasteiger partial charge in [0.05, 0.1) is 12.6 Å². The van der Waals surface area contributed by atoms with Crippen LogP contribution in [0.3, 0.4) is 0 Å². The van der Waals surface area contributed by atoms with Gasteiger partial charge in [0, 0.05) is 49.0 Å². The highest BCUT2D eigenvalue weighted by Crippen LogP contribution is 2.26. The lowest BCUT2D eigenvalue weighted by Crippen LogP contribution is -2.53. The number of Topliss-reactive ketones (excluding diaryl/α,β-unsaturated/α-hetero) is 1. The van der Waals surface area contributed by atoms with Crippen molar-refractivity contribution in [3.05, 3.63) is 29.8 Å². The number of aromatic nitrogens is 3. The average molecular weight is 442 g/mol. The number of aliphatic hydroxyl groups excluding tert-OH is 1. The molecule has 1 aromatic carbocycles. The zero-order valence-corrected chi connectivity index (χ0v) is 18.2. The van der Waals surface area contributed by atoms with Crippen LogP contribution in [0.5, 0.6) is 0 Å². The summed E-state index contributed by atoms with van der Waals surface area (Å²) >= 11 is 0. The van der Waals surface area contributed by atoms with E-state index in [1.165, 1.54) is 6.92 Å². The molecule has 11 nitrogen and oxygen atoms in total. The smallest absolute Gasteiger partial charge is 0.233 e. The number of nitrogens with one attached hydrogen (secondary N) is 1. The van der Waals surface area contributed by atoms with Crippen molar-refractivity contribution < 1.29 is 9.90 Å². The lowest BCUT2D eigenvalue weighted by atomic mass is 10.0. The van der Waals surface area contributed by atoms with Crippen molar-refractivity contribution in [2.24, 2.45) is 17.2 Å². The second-order valence-electron chi connectivity index (χ2n) is 8.66. The van der Waals surface area contributed by atoms with Crippen LogP contribution in [0.4, 0.5) is 23.5 Å². The average Bonchev–Trinajstić information content (AvgIpc) is 3.14. The monoisotopic (exact) mass is 441 g/mol. The van der Waals surface area contributed by atoms with Crippen molar-refractivity contribution in [1.82, 2.24) is 15.0 Å². The summed E-state index contributed by atoms with van der Waals surface area (Å²) in [5, 5.41) is 13.0. The van der Waals surface area contributed by atoms with E-state index in [9.17, 15) is 9.90 Å². The van der Waals surface area contributed by atoms with Crippen molar-refractivity contribution in [3.63, 3.8) is 0 Å². The van der Waals surface area contributed by atoms with Crippen molar-refractivity contribution >= 4 is 29.3 Å². The van der Waals surface area contributed by atoms with Gasteiger partial charge in [0.1, 0.15) is 0 Å². The molecule has 0 amide bonds. The zero-order chi connectivity index (χ0) is 22.8. The van der Waals surface area contributed by atoms with Gasteiger partial charge in [0.15, 0.2) is 5.78 Å². The standard InChI is InChI=1S/C21H31N9O2/c1-12(32)13-2-4-17(5-3-13)25-19-26-20(29-8-14(22)6-15(23)9-29)28-21(27-19)30-10-16(24)7-18(30)11-31/h2-5,14-16,18,31H,6-11,22-24H2,1H3,(H,25,26,27,28)/t14-,15+,16-,18-/m0/s1. The van der Waals surface area contributed by atoms with Gasteiger partial charge in [-0.15, -0.1) is 0 Å². The van der Waals surface area contributed by atoms with Gasteiger partial charge in [0.25, 0.3) is 0 Å². The normalized spacial score (nSPS) is 25.8. The van der Waals surface area contributed by atoms with Gasteiger partial charge in [-0.2, -0.15) is 15.0 Å². The first kappa shape index (κ1) is 22.3. The number of carbonyl (C=O) groups is 1. The van der Waals surface area contributed by atoms with Gasteiger partial charge in [-0.25, -0.2) is 0 Å². The molecular formula is C21H31N9O2. The molecule has 0 radical (unpaired) electrons. The Bertz CT molecular complexity index is 945. The number of nitrogens with zero attached hydrogens (tertiary/aromatic N) is 5. The van der Waals surface area contributed by atoms with E-state index in [0.717, 1.165) is 12.1 Å². The molecule has 4 rings (SSSR count). The lowest BCUT2D eigenvalue weighted by Gasteiger charge is -2.35. The Balaban J connectivity index is 1.67. The Kier molecular flexibility index (Phi) is 6.51. The van der Waals surface area contributed by atoms with E-state index in [4.69, 9.17) is 17.2 Å². The minimum atomic E-state index is -0.159. The first-order chi connectivity index (χ1) is 15.3. The zero-order valence-electron chi connectivity index (χ0n) is 18.2. The Hall–Kier alpha value is -2.86. The van der Waals surface area contributed by atoms with E-state index in [1.54, 1.807) is 24.3 Å². The Labute approximate surface area is 187 Å². The number of carbonyl (C=O) groups excluding carboxylic acids is 1. The minimum absolute atomic E-state index is 0.000484. The molecule has 0 spiro atoms. The maximum atomic E-state index is 11.5. The molecule has 4 atom stereocenters. The predicted molar refractivity (Wildman–Crippen MR) is 123 cm³/mol. The SMILES string of the molecule is CC(=O)c1ccc(Nc2nc(N3C[C@H](N)C[C@H](N)C3)nc(N3C[C@@H](N)C[C@H]3CO)n2)cc1. The van der Waals surface area contributed by atoms with Crippen LogP contribution in [0.15, 0.2) is 24.3 Å². The third-order valence-electron chi connectivity index (χ3n) is 5.87. The predicted octanol–water partition coefficient (Wildman–Crippen LogP) is -0.419. The molecule has 3 heterocycles. The molecule has 2 saturated heterocycles. The number of aliphatic hydroxyl groups is 1. The molecule has 0 saturated carbocycles. The molecule has 1 aromatic heterocycles. The highest BCUT2D eigenvalue weighted by molar-refractivity contribution is 5.94. The van der Waals surface area contributed by atoms with E-state index in [2.05, 4.69) is 20.3 Å². The minimum Gasteiger partial charge on any atom is -0.394 e. The molecular weight excluding hydrogens is 410 g/mol. The molecule has 0 bridgehead atoms.